The summed E-state index contributed by atoms with van der Waals surface area (Å²) in [6.07, 6.45) is 0. The van der Waals surface area contributed by atoms with Gasteiger partial charge in [0.25, 0.3) is 0 Å². The summed E-state index contributed by atoms with van der Waals surface area (Å²) in [7, 11) is 3.09. The molecule has 108 valence electrons. The molecule has 2 aromatic carbocycles. The molecule has 0 aromatic heterocycles. The van der Waals surface area contributed by atoms with Gasteiger partial charge in [-0.1, -0.05) is 0 Å². The van der Waals surface area contributed by atoms with Gasteiger partial charge in [-0.05, 0) is 36.4 Å². The second kappa shape index (κ2) is 6.62. The number of anilines is 1. The summed E-state index contributed by atoms with van der Waals surface area (Å²) < 4.78 is 23.3. The molecule has 2 rings (SSSR count). The fourth-order valence-corrected chi connectivity index (χ4v) is 1.95. The molecule has 21 heavy (non-hydrogen) atoms. The van der Waals surface area contributed by atoms with Crippen LogP contribution in [0, 0.1) is 17.1 Å². The maximum Gasteiger partial charge on any atom is 0.143 e. The number of hydrogen-bond acceptors (Lipinski definition) is 4. The van der Waals surface area contributed by atoms with E-state index in [1.54, 1.807) is 37.4 Å². The van der Waals surface area contributed by atoms with Crippen LogP contribution in [0.5, 0.6) is 11.5 Å². The Morgan fingerprint density at radius 3 is 2.38 bits per heavy atom. The van der Waals surface area contributed by atoms with Gasteiger partial charge in [-0.15, -0.1) is 0 Å². The third kappa shape index (κ3) is 3.42. The molecule has 1 unspecified atom stereocenters. The Labute approximate surface area is 122 Å². The molecule has 0 radical (unpaired) electrons. The first-order valence-corrected chi connectivity index (χ1v) is 6.31. The Morgan fingerprint density at radius 1 is 1.10 bits per heavy atom. The Balaban J connectivity index is 2.29. The first-order chi connectivity index (χ1) is 10.2. The second-order valence-electron chi connectivity index (χ2n) is 4.32. The highest BCUT2D eigenvalue weighted by molar-refractivity contribution is 5.51. The number of benzene rings is 2. The molecule has 1 atom stereocenters. The molecule has 5 heteroatoms. The summed E-state index contributed by atoms with van der Waals surface area (Å²) in [5, 5.41) is 12.4. The van der Waals surface area contributed by atoms with Gasteiger partial charge in [0, 0.05) is 17.3 Å². The van der Waals surface area contributed by atoms with E-state index in [1.165, 1.54) is 19.2 Å². The lowest BCUT2D eigenvalue weighted by molar-refractivity contribution is 0.390. The molecular weight excluding hydrogens is 271 g/mol. The van der Waals surface area contributed by atoms with Gasteiger partial charge in [-0.3, -0.25) is 0 Å². The van der Waals surface area contributed by atoms with Gasteiger partial charge in [0.1, 0.15) is 23.4 Å². The predicted octanol–water partition coefficient (Wildman–Crippen LogP) is 3.52. The van der Waals surface area contributed by atoms with E-state index >= 15 is 0 Å². The van der Waals surface area contributed by atoms with E-state index in [0.717, 1.165) is 0 Å². The Kier molecular flexibility index (Phi) is 4.62. The molecule has 0 aliphatic heterocycles. The van der Waals surface area contributed by atoms with E-state index in [1.807, 2.05) is 0 Å². The molecular formula is C16H15FN2O2. The molecule has 2 aromatic rings. The lowest BCUT2D eigenvalue weighted by Crippen LogP contribution is -2.10. The molecule has 0 aliphatic carbocycles. The van der Waals surface area contributed by atoms with Gasteiger partial charge in [-0.25, -0.2) is 4.39 Å². The van der Waals surface area contributed by atoms with E-state index < -0.39 is 6.04 Å². The van der Waals surface area contributed by atoms with Crippen LogP contribution in [-0.4, -0.2) is 14.2 Å². The maximum atomic E-state index is 12.9. The summed E-state index contributed by atoms with van der Waals surface area (Å²) in [4.78, 5) is 0. The predicted molar refractivity (Wildman–Crippen MR) is 77.9 cm³/mol. The fraction of sp³-hybridized carbons (Fsp3) is 0.188. The zero-order chi connectivity index (χ0) is 15.2. The van der Waals surface area contributed by atoms with Crippen LogP contribution in [0.15, 0.2) is 42.5 Å². The zero-order valence-corrected chi connectivity index (χ0v) is 11.8. The van der Waals surface area contributed by atoms with E-state index in [2.05, 4.69) is 11.4 Å². The number of nitrogens with one attached hydrogen (secondary N) is 1. The van der Waals surface area contributed by atoms with Gasteiger partial charge < -0.3 is 14.8 Å². The number of ether oxygens (including phenoxy) is 2. The number of nitrogens with zero attached hydrogens (tertiary/aromatic N) is 1. The lowest BCUT2D eigenvalue weighted by Gasteiger charge is -2.17. The van der Waals surface area contributed by atoms with Gasteiger partial charge in [0.05, 0.1) is 20.3 Å². The molecule has 0 saturated heterocycles. The number of nitriles is 1. The van der Waals surface area contributed by atoms with Gasteiger partial charge >= 0.3 is 0 Å². The first kappa shape index (κ1) is 14.7. The Bertz CT molecular complexity index is 650. The SMILES string of the molecule is COc1ccc(C(C#N)Nc2ccc(F)cc2)c(OC)c1. The van der Waals surface area contributed by atoms with Crippen molar-refractivity contribution in [3.63, 3.8) is 0 Å². The summed E-state index contributed by atoms with van der Waals surface area (Å²) in [5.74, 6) is 0.876. The Morgan fingerprint density at radius 2 is 1.81 bits per heavy atom. The Hall–Kier alpha value is -2.74. The monoisotopic (exact) mass is 286 g/mol. The highest BCUT2D eigenvalue weighted by Crippen LogP contribution is 2.31. The van der Waals surface area contributed by atoms with Crippen molar-refractivity contribution < 1.29 is 13.9 Å². The average Bonchev–Trinajstić information content (AvgIpc) is 2.53. The van der Waals surface area contributed by atoms with Crippen LogP contribution in [0.2, 0.25) is 0 Å². The minimum Gasteiger partial charge on any atom is -0.497 e. The molecule has 0 aliphatic rings. The smallest absolute Gasteiger partial charge is 0.143 e. The minimum absolute atomic E-state index is 0.323. The normalized spacial score (nSPS) is 11.3. The standard InChI is InChI=1S/C16H15FN2O2/c1-20-13-7-8-14(16(9-13)21-2)15(10-18)19-12-5-3-11(17)4-6-12/h3-9,15,19H,1-2H3. The van der Waals surface area contributed by atoms with Crippen LogP contribution < -0.4 is 14.8 Å². The molecule has 0 heterocycles. The zero-order valence-electron chi connectivity index (χ0n) is 11.8. The van der Waals surface area contributed by atoms with Gasteiger partial charge in [-0.2, -0.15) is 5.26 Å². The van der Waals surface area contributed by atoms with Crippen LogP contribution in [0.25, 0.3) is 0 Å². The van der Waals surface area contributed by atoms with E-state index in [4.69, 9.17) is 9.47 Å². The van der Waals surface area contributed by atoms with Crippen molar-refractivity contribution in [3.8, 4) is 17.6 Å². The van der Waals surface area contributed by atoms with E-state index in [9.17, 15) is 9.65 Å². The van der Waals surface area contributed by atoms with Gasteiger partial charge in [0.15, 0.2) is 0 Å². The lowest BCUT2D eigenvalue weighted by atomic mass is 10.1. The van der Waals surface area contributed by atoms with Crippen LogP contribution in [0.1, 0.15) is 11.6 Å². The van der Waals surface area contributed by atoms with Crippen molar-refractivity contribution in [3.05, 3.63) is 53.8 Å². The quantitative estimate of drug-likeness (QED) is 0.913. The third-order valence-electron chi connectivity index (χ3n) is 3.04. The number of halogens is 1. The number of methoxy groups -OCH3 is 2. The highest BCUT2D eigenvalue weighted by Gasteiger charge is 2.16. The van der Waals surface area contributed by atoms with E-state index in [0.29, 0.717) is 22.7 Å². The second-order valence-corrected chi connectivity index (χ2v) is 4.32. The molecule has 0 spiro atoms. The van der Waals surface area contributed by atoms with E-state index in [-0.39, 0.29) is 5.82 Å². The molecule has 1 N–H and O–H groups in total. The summed E-state index contributed by atoms with van der Waals surface area (Å²) in [6, 6.07) is 12.6. The maximum absolute atomic E-state index is 12.9. The molecule has 0 bridgehead atoms. The van der Waals surface area contributed by atoms with Crippen molar-refractivity contribution in [1.82, 2.24) is 0 Å². The van der Waals surface area contributed by atoms with Crippen molar-refractivity contribution in [2.24, 2.45) is 0 Å². The molecule has 0 amide bonds. The van der Waals surface area contributed by atoms with Crippen LogP contribution >= 0.6 is 0 Å². The van der Waals surface area contributed by atoms with Crippen LogP contribution in [-0.2, 0) is 0 Å². The average molecular weight is 286 g/mol. The van der Waals surface area contributed by atoms with Crippen LogP contribution in [0.4, 0.5) is 10.1 Å². The van der Waals surface area contributed by atoms with Crippen molar-refractivity contribution in [2.75, 3.05) is 19.5 Å². The minimum atomic E-state index is -0.615. The topological polar surface area (TPSA) is 54.3 Å². The van der Waals surface area contributed by atoms with Crippen molar-refractivity contribution in [1.29, 1.82) is 5.26 Å². The first-order valence-electron chi connectivity index (χ1n) is 6.31. The van der Waals surface area contributed by atoms with Crippen molar-refractivity contribution in [2.45, 2.75) is 6.04 Å². The van der Waals surface area contributed by atoms with Crippen LogP contribution in [0.3, 0.4) is 0 Å². The summed E-state index contributed by atoms with van der Waals surface area (Å²) in [5.41, 5.74) is 1.34. The molecule has 0 saturated carbocycles. The van der Waals surface area contributed by atoms with Gasteiger partial charge in [0.2, 0.25) is 0 Å². The number of hydrogen-bond donors (Lipinski definition) is 1. The number of rotatable bonds is 5. The molecule has 0 fully saturated rings. The highest BCUT2D eigenvalue weighted by atomic mass is 19.1. The molecule has 4 nitrogen and oxygen atoms in total. The third-order valence-corrected chi connectivity index (χ3v) is 3.04. The fourth-order valence-electron chi connectivity index (χ4n) is 1.95. The summed E-state index contributed by atoms with van der Waals surface area (Å²) >= 11 is 0. The largest absolute Gasteiger partial charge is 0.497 e. The van der Waals surface area contributed by atoms with Crippen molar-refractivity contribution >= 4 is 5.69 Å². The summed E-state index contributed by atoms with van der Waals surface area (Å²) in [6.45, 7) is 0.